The molecule has 2 aliphatic carbocycles. The number of methoxy groups -OCH3 is 2. The molecule has 122 valence electrons. The normalized spacial score (nSPS) is 27.7. The quantitative estimate of drug-likeness (QED) is 0.813. The Bertz CT molecular complexity index is 647. The van der Waals surface area contributed by atoms with Gasteiger partial charge in [0.25, 0.3) is 0 Å². The molecule has 1 aromatic carbocycles. The Hall–Kier alpha value is -2.50. The molecule has 0 radical (unpaired) electrons. The number of nitrogens with one attached hydrogen (secondary N) is 1. The van der Waals surface area contributed by atoms with Crippen LogP contribution in [0.25, 0.3) is 0 Å². The van der Waals surface area contributed by atoms with Gasteiger partial charge in [0, 0.05) is 23.9 Å². The van der Waals surface area contributed by atoms with E-state index < -0.39 is 17.8 Å². The smallest absolute Gasteiger partial charge is 0.307 e. The summed E-state index contributed by atoms with van der Waals surface area (Å²) in [6.45, 7) is 0. The third-order valence-corrected chi connectivity index (χ3v) is 4.67. The number of rotatable bonds is 5. The van der Waals surface area contributed by atoms with Gasteiger partial charge in [-0.15, -0.1) is 0 Å². The molecule has 0 heterocycles. The Kier molecular flexibility index (Phi) is 3.98. The molecule has 4 atom stereocenters. The maximum absolute atomic E-state index is 12.6. The minimum Gasteiger partial charge on any atom is -0.497 e. The molecule has 0 unspecified atom stereocenters. The van der Waals surface area contributed by atoms with E-state index >= 15 is 0 Å². The van der Waals surface area contributed by atoms with E-state index in [0.29, 0.717) is 17.2 Å². The van der Waals surface area contributed by atoms with Crippen LogP contribution in [-0.4, -0.2) is 31.2 Å². The Morgan fingerprint density at radius 2 is 1.61 bits per heavy atom. The molecule has 2 N–H and O–H groups in total. The van der Waals surface area contributed by atoms with Crippen LogP contribution >= 0.6 is 0 Å². The Morgan fingerprint density at radius 1 is 1.04 bits per heavy atom. The highest BCUT2D eigenvalue weighted by Crippen LogP contribution is 2.48. The van der Waals surface area contributed by atoms with Crippen molar-refractivity contribution in [3.8, 4) is 11.5 Å². The lowest BCUT2D eigenvalue weighted by Crippen LogP contribution is -2.36. The van der Waals surface area contributed by atoms with E-state index in [4.69, 9.17) is 9.47 Å². The number of aliphatic carboxylic acids is 1. The highest BCUT2D eigenvalue weighted by Gasteiger charge is 2.51. The summed E-state index contributed by atoms with van der Waals surface area (Å²) in [6, 6.07) is 5.06. The number of benzene rings is 1. The zero-order valence-electron chi connectivity index (χ0n) is 13.0. The van der Waals surface area contributed by atoms with Gasteiger partial charge in [-0.3, -0.25) is 9.59 Å². The SMILES string of the molecule is COc1cc(NC(=O)[C@@H]2[C@@H](C(=O)O)[C@H]3C=C[C@H]2C3)cc(OC)c1. The van der Waals surface area contributed by atoms with Crippen LogP contribution in [0.15, 0.2) is 30.4 Å². The number of hydrogen-bond acceptors (Lipinski definition) is 4. The molecule has 0 aromatic heterocycles. The number of fused-ring (bicyclic) bond motifs is 2. The number of ether oxygens (including phenoxy) is 2. The number of anilines is 1. The van der Waals surface area contributed by atoms with Crippen molar-refractivity contribution >= 4 is 17.6 Å². The van der Waals surface area contributed by atoms with Crippen LogP contribution in [-0.2, 0) is 9.59 Å². The van der Waals surface area contributed by atoms with Gasteiger partial charge in [-0.2, -0.15) is 0 Å². The molecule has 6 nitrogen and oxygen atoms in total. The summed E-state index contributed by atoms with van der Waals surface area (Å²) >= 11 is 0. The molecule has 0 saturated heterocycles. The highest BCUT2D eigenvalue weighted by atomic mass is 16.5. The molecule has 2 bridgehead atoms. The third-order valence-electron chi connectivity index (χ3n) is 4.67. The summed E-state index contributed by atoms with van der Waals surface area (Å²) in [7, 11) is 3.06. The second-order valence-electron chi connectivity index (χ2n) is 5.93. The van der Waals surface area contributed by atoms with Crippen LogP contribution in [0.5, 0.6) is 11.5 Å². The molecule has 2 aliphatic rings. The Morgan fingerprint density at radius 3 is 2.13 bits per heavy atom. The summed E-state index contributed by atoms with van der Waals surface area (Å²) in [4.78, 5) is 24.1. The van der Waals surface area contributed by atoms with Crippen LogP contribution in [0.3, 0.4) is 0 Å². The average Bonchev–Trinajstić information content (AvgIpc) is 3.15. The molecule has 0 spiro atoms. The number of carboxylic acids is 1. The predicted molar refractivity (Wildman–Crippen MR) is 83.5 cm³/mol. The van der Waals surface area contributed by atoms with Gasteiger partial charge < -0.3 is 19.9 Å². The predicted octanol–water partition coefficient (Wildman–Crippen LogP) is 2.17. The van der Waals surface area contributed by atoms with Crippen molar-refractivity contribution in [1.82, 2.24) is 0 Å². The lowest BCUT2D eigenvalue weighted by atomic mass is 9.82. The van der Waals surface area contributed by atoms with Crippen LogP contribution in [0.2, 0.25) is 0 Å². The summed E-state index contributed by atoms with van der Waals surface area (Å²) in [5, 5.41) is 12.2. The van der Waals surface area contributed by atoms with Crippen molar-refractivity contribution in [2.24, 2.45) is 23.7 Å². The van der Waals surface area contributed by atoms with E-state index in [2.05, 4.69) is 5.32 Å². The van der Waals surface area contributed by atoms with Crippen molar-refractivity contribution in [3.05, 3.63) is 30.4 Å². The zero-order chi connectivity index (χ0) is 16.6. The van der Waals surface area contributed by atoms with Crippen molar-refractivity contribution in [1.29, 1.82) is 0 Å². The first-order valence-corrected chi connectivity index (χ1v) is 7.48. The summed E-state index contributed by atoms with van der Waals surface area (Å²) in [5.41, 5.74) is 0.530. The number of carboxylic acid groups (broad SMARTS) is 1. The van der Waals surface area contributed by atoms with Gasteiger partial charge in [0.15, 0.2) is 0 Å². The molecule has 3 rings (SSSR count). The van der Waals surface area contributed by atoms with Crippen molar-refractivity contribution < 1.29 is 24.2 Å². The third kappa shape index (κ3) is 2.76. The minimum atomic E-state index is -0.912. The molecule has 1 saturated carbocycles. The number of amides is 1. The Balaban J connectivity index is 1.82. The van der Waals surface area contributed by atoms with Gasteiger partial charge in [0.2, 0.25) is 5.91 Å². The minimum absolute atomic E-state index is 0.00592. The van der Waals surface area contributed by atoms with Gasteiger partial charge in [0.1, 0.15) is 11.5 Å². The van der Waals surface area contributed by atoms with Crippen LogP contribution in [0.1, 0.15) is 6.42 Å². The summed E-state index contributed by atoms with van der Waals surface area (Å²) in [5.74, 6) is -1.32. The van der Waals surface area contributed by atoms with Gasteiger partial charge in [-0.1, -0.05) is 12.2 Å². The molecule has 1 aromatic rings. The van der Waals surface area contributed by atoms with Crippen molar-refractivity contribution in [2.75, 3.05) is 19.5 Å². The van der Waals surface area contributed by atoms with E-state index in [1.807, 2.05) is 12.2 Å². The van der Waals surface area contributed by atoms with Gasteiger partial charge in [0.05, 0.1) is 26.1 Å². The number of hydrogen-bond donors (Lipinski definition) is 2. The number of allylic oxidation sites excluding steroid dienone is 2. The lowest BCUT2D eigenvalue weighted by Gasteiger charge is -2.24. The second-order valence-corrected chi connectivity index (χ2v) is 5.93. The monoisotopic (exact) mass is 317 g/mol. The maximum Gasteiger partial charge on any atom is 0.307 e. The topological polar surface area (TPSA) is 84.9 Å². The largest absolute Gasteiger partial charge is 0.497 e. The molecule has 0 aliphatic heterocycles. The van der Waals surface area contributed by atoms with Crippen LogP contribution in [0.4, 0.5) is 5.69 Å². The first-order valence-electron chi connectivity index (χ1n) is 7.48. The fraction of sp³-hybridized carbons (Fsp3) is 0.412. The molecule has 1 amide bonds. The molecule has 1 fully saturated rings. The van der Waals surface area contributed by atoms with Crippen molar-refractivity contribution in [2.45, 2.75) is 6.42 Å². The molecule has 23 heavy (non-hydrogen) atoms. The second kappa shape index (κ2) is 5.95. The fourth-order valence-electron chi connectivity index (χ4n) is 3.62. The van der Waals surface area contributed by atoms with E-state index in [9.17, 15) is 14.7 Å². The van der Waals surface area contributed by atoms with E-state index in [1.165, 1.54) is 14.2 Å². The fourth-order valence-corrected chi connectivity index (χ4v) is 3.62. The standard InChI is InChI=1S/C17H19NO5/c1-22-12-6-11(7-13(8-12)23-2)18-16(19)14-9-3-4-10(5-9)15(14)17(20)21/h3-4,6-10,14-15H,5H2,1-2H3,(H,18,19)(H,20,21)/t9-,10-,14-,15-/m0/s1. The molecular formula is C17H19NO5. The van der Waals surface area contributed by atoms with Crippen LogP contribution in [0, 0.1) is 23.7 Å². The first kappa shape index (κ1) is 15.4. The lowest BCUT2D eigenvalue weighted by molar-refractivity contribution is -0.146. The Labute approximate surface area is 134 Å². The zero-order valence-corrected chi connectivity index (χ0v) is 13.0. The molecular weight excluding hydrogens is 298 g/mol. The number of carbonyl (C=O) groups excluding carboxylic acids is 1. The summed E-state index contributed by atoms with van der Waals surface area (Å²) in [6.07, 6.45) is 4.61. The first-order chi connectivity index (χ1) is 11.0. The van der Waals surface area contributed by atoms with Gasteiger partial charge in [-0.05, 0) is 18.3 Å². The van der Waals surface area contributed by atoms with E-state index in [0.717, 1.165) is 6.42 Å². The van der Waals surface area contributed by atoms with E-state index in [1.54, 1.807) is 18.2 Å². The van der Waals surface area contributed by atoms with Crippen molar-refractivity contribution in [3.63, 3.8) is 0 Å². The average molecular weight is 317 g/mol. The number of carbonyl (C=O) groups is 2. The molecule has 6 heteroatoms. The van der Waals surface area contributed by atoms with Crippen LogP contribution < -0.4 is 14.8 Å². The van der Waals surface area contributed by atoms with Gasteiger partial charge in [-0.25, -0.2) is 0 Å². The highest BCUT2D eigenvalue weighted by molar-refractivity contribution is 5.96. The van der Waals surface area contributed by atoms with Gasteiger partial charge >= 0.3 is 5.97 Å². The maximum atomic E-state index is 12.6. The summed E-state index contributed by atoms with van der Waals surface area (Å²) < 4.78 is 10.4. The van der Waals surface area contributed by atoms with E-state index in [-0.39, 0.29) is 17.7 Å².